The smallest absolute Gasteiger partial charge is 0.335 e. The van der Waals surface area contributed by atoms with Crippen LogP contribution in [-0.4, -0.2) is 29.2 Å². The lowest BCUT2D eigenvalue weighted by atomic mass is 9.93. The Hall–Kier alpha value is -2.95. The van der Waals surface area contributed by atoms with Crippen molar-refractivity contribution in [2.75, 3.05) is 11.9 Å². The van der Waals surface area contributed by atoms with Gasteiger partial charge in [0.05, 0.1) is 17.0 Å². The molecule has 2 N–H and O–H groups in total. The monoisotopic (exact) mass is 336 g/mol. The summed E-state index contributed by atoms with van der Waals surface area (Å²) >= 11 is 0. The first-order chi connectivity index (χ1) is 12.0. The van der Waals surface area contributed by atoms with E-state index in [1.807, 2.05) is 6.07 Å². The molecule has 0 saturated carbocycles. The number of nitrogens with one attached hydrogen (secondary N) is 1. The van der Waals surface area contributed by atoms with Gasteiger partial charge in [-0.3, -0.25) is 9.79 Å². The van der Waals surface area contributed by atoms with Gasteiger partial charge in [0, 0.05) is 11.1 Å². The van der Waals surface area contributed by atoms with Crippen LogP contribution in [0, 0.1) is 0 Å². The van der Waals surface area contributed by atoms with Gasteiger partial charge in [-0.1, -0.05) is 26.0 Å². The van der Waals surface area contributed by atoms with Crippen molar-refractivity contribution in [3.05, 3.63) is 64.2 Å². The van der Waals surface area contributed by atoms with Gasteiger partial charge in [0.1, 0.15) is 6.54 Å². The number of hydrogen-bond donors (Lipinski definition) is 2. The molecule has 0 aliphatic carbocycles. The average molecular weight is 336 g/mol. The minimum atomic E-state index is -0.965. The van der Waals surface area contributed by atoms with Gasteiger partial charge in [0.15, 0.2) is 0 Å². The molecule has 0 spiro atoms. The molecule has 1 amide bonds. The van der Waals surface area contributed by atoms with Crippen molar-refractivity contribution in [2.24, 2.45) is 4.99 Å². The summed E-state index contributed by atoms with van der Waals surface area (Å²) in [5.41, 5.74) is 5.82. The molecule has 5 nitrogen and oxygen atoms in total. The van der Waals surface area contributed by atoms with E-state index in [9.17, 15) is 9.59 Å². The Labute approximate surface area is 146 Å². The van der Waals surface area contributed by atoms with Crippen molar-refractivity contribution in [1.82, 2.24) is 0 Å². The minimum Gasteiger partial charge on any atom is -0.478 e. The fourth-order valence-electron chi connectivity index (χ4n) is 3.09. The van der Waals surface area contributed by atoms with E-state index in [0.29, 0.717) is 5.71 Å². The molecule has 3 rings (SSSR count). The van der Waals surface area contributed by atoms with Crippen LogP contribution in [0.4, 0.5) is 5.69 Å². The third-order valence-corrected chi connectivity index (χ3v) is 4.42. The number of benzene rings is 2. The number of carbonyl (C=O) groups excluding carboxylic acids is 1. The largest absolute Gasteiger partial charge is 0.478 e. The van der Waals surface area contributed by atoms with Crippen LogP contribution >= 0.6 is 0 Å². The van der Waals surface area contributed by atoms with Crippen molar-refractivity contribution >= 4 is 23.3 Å². The zero-order chi connectivity index (χ0) is 18.0. The minimum absolute atomic E-state index is 0.0492. The zero-order valence-electron chi connectivity index (χ0n) is 14.3. The molecule has 0 atom stereocenters. The molecule has 0 saturated heterocycles. The van der Waals surface area contributed by atoms with Crippen LogP contribution in [0.1, 0.15) is 46.5 Å². The number of aromatic carboxylic acids is 1. The maximum absolute atomic E-state index is 12.0. The highest BCUT2D eigenvalue weighted by molar-refractivity contribution is 6.19. The molecule has 0 fully saturated rings. The van der Waals surface area contributed by atoms with Crippen LogP contribution in [0.2, 0.25) is 0 Å². The Kier molecular flexibility index (Phi) is 4.65. The van der Waals surface area contributed by atoms with Crippen molar-refractivity contribution in [2.45, 2.75) is 26.7 Å². The summed E-state index contributed by atoms with van der Waals surface area (Å²) in [5.74, 6) is -1.11. The van der Waals surface area contributed by atoms with Crippen LogP contribution in [0.3, 0.4) is 0 Å². The second-order valence-corrected chi connectivity index (χ2v) is 5.97. The Morgan fingerprint density at radius 3 is 2.36 bits per heavy atom. The van der Waals surface area contributed by atoms with Gasteiger partial charge in [-0.15, -0.1) is 0 Å². The van der Waals surface area contributed by atoms with E-state index >= 15 is 0 Å². The number of carbonyl (C=O) groups is 2. The number of benzodiazepines with no additional fused rings is 1. The van der Waals surface area contributed by atoms with Gasteiger partial charge >= 0.3 is 5.97 Å². The first kappa shape index (κ1) is 16.9. The molecule has 0 radical (unpaired) electrons. The Bertz CT molecular complexity index is 867. The maximum atomic E-state index is 12.0. The number of hydrogen-bond acceptors (Lipinski definition) is 3. The Morgan fingerprint density at radius 1 is 1.12 bits per heavy atom. The predicted molar refractivity (Wildman–Crippen MR) is 97.7 cm³/mol. The first-order valence-corrected chi connectivity index (χ1v) is 8.37. The summed E-state index contributed by atoms with van der Waals surface area (Å²) in [6, 6.07) is 10.7. The van der Waals surface area contributed by atoms with Crippen LogP contribution in [0.5, 0.6) is 0 Å². The van der Waals surface area contributed by atoms with Gasteiger partial charge in [0.25, 0.3) is 0 Å². The molecule has 0 aromatic heterocycles. The number of carboxylic acids is 1. The predicted octanol–water partition coefficient (Wildman–Crippen LogP) is 3.30. The molecule has 0 bridgehead atoms. The lowest BCUT2D eigenvalue weighted by molar-refractivity contribution is -0.114. The van der Waals surface area contributed by atoms with Crippen molar-refractivity contribution < 1.29 is 14.7 Å². The average Bonchev–Trinajstić information content (AvgIpc) is 2.78. The number of aryl methyl sites for hydroxylation is 2. The summed E-state index contributed by atoms with van der Waals surface area (Å²) in [6.45, 7) is 4.25. The molecule has 2 aromatic rings. The van der Waals surface area contributed by atoms with Crippen molar-refractivity contribution in [3.63, 3.8) is 0 Å². The van der Waals surface area contributed by atoms with Gasteiger partial charge < -0.3 is 10.4 Å². The lowest BCUT2D eigenvalue weighted by Gasteiger charge is -2.15. The van der Waals surface area contributed by atoms with E-state index in [1.54, 1.807) is 24.3 Å². The molecule has 0 unspecified atom stereocenters. The highest BCUT2D eigenvalue weighted by atomic mass is 16.4. The second kappa shape index (κ2) is 6.89. The van der Waals surface area contributed by atoms with Gasteiger partial charge in [-0.2, -0.15) is 0 Å². The van der Waals surface area contributed by atoms with Crippen LogP contribution in [0.25, 0.3) is 0 Å². The lowest BCUT2D eigenvalue weighted by Crippen LogP contribution is -2.14. The molecule has 2 aromatic carbocycles. The standard InChI is InChI=1S/C20H20N2O3/c1-3-12-9-16-17(10-13(12)4-2)22-18(23)11-21-19(16)14-5-7-15(8-6-14)20(24)25/h5-10H,3-4,11H2,1-2H3,(H,22,23)(H,24,25). The Balaban J connectivity index is 2.14. The van der Waals surface area contributed by atoms with Crippen LogP contribution in [-0.2, 0) is 17.6 Å². The molecule has 128 valence electrons. The van der Waals surface area contributed by atoms with E-state index in [4.69, 9.17) is 5.11 Å². The normalized spacial score (nSPS) is 13.5. The highest BCUT2D eigenvalue weighted by Gasteiger charge is 2.20. The van der Waals surface area contributed by atoms with Crippen LogP contribution in [0.15, 0.2) is 41.4 Å². The molecular weight excluding hydrogens is 316 g/mol. The molecule has 1 heterocycles. The third-order valence-electron chi connectivity index (χ3n) is 4.42. The molecular formula is C20H20N2O3. The SMILES string of the molecule is CCc1cc2c(cc1CC)C(c1ccc(C(=O)O)cc1)=NCC(=O)N2. The van der Waals surface area contributed by atoms with Gasteiger partial charge in [-0.25, -0.2) is 4.79 Å². The number of anilines is 1. The van der Waals surface area contributed by atoms with E-state index in [1.165, 1.54) is 11.1 Å². The zero-order valence-corrected chi connectivity index (χ0v) is 14.3. The number of fused-ring (bicyclic) bond motifs is 1. The fourth-order valence-corrected chi connectivity index (χ4v) is 3.09. The summed E-state index contributed by atoms with van der Waals surface area (Å²) < 4.78 is 0. The Morgan fingerprint density at radius 2 is 1.76 bits per heavy atom. The first-order valence-electron chi connectivity index (χ1n) is 8.37. The third kappa shape index (κ3) is 3.31. The van der Waals surface area contributed by atoms with Crippen molar-refractivity contribution in [1.29, 1.82) is 0 Å². The summed E-state index contributed by atoms with van der Waals surface area (Å²) in [7, 11) is 0. The van der Waals surface area contributed by atoms with Crippen molar-refractivity contribution in [3.8, 4) is 0 Å². The summed E-state index contributed by atoms with van der Waals surface area (Å²) in [4.78, 5) is 27.6. The summed E-state index contributed by atoms with van der Waals surface area (Å²) in [5, 5.41) is 12.0. The topological polar surface area (TPSA) is 78.8 Å². The number of carboxylic acid groups (broad SMARTS) is 1. The molecule has 1 aliphatic heterocycles. The number of amides is 1. The highest BCUT2D eigenvalue weighted by Crippen LogP contribution is 2.27. The number of nitrogens with zero attached hydrogens (tertiary/aromatic N) is 1. The maximum Gasteiger partial charge on any atom is 0.335 e. The molecule has 25 heavy (non-hydrogen) atoms. The van der Waals surface area contributed by atoms with E-state index in [0.717, 1.165) is 29.7 Å². The van der Waals surface area contributed by atoms with Gasteiger partial charge in [0.2, 0.25) is 5.91 Å². The van der Waals surface area contributed by atoms with Gasteiger partial charge in [-0.05, 0) is 48.2 Å². The second-order valence-electron chi connectivity index (χ2n) is 5.97. The number of aliphatic imine (C=N–C) groups is 1. The quantitative estimate of drug-likeness (QED) is 0.899. The number of rotatable bonds is 4. The van der Waals surface area contributed by atoms with Crippen LogP contribution < -0.4 is 5.32 Å². The molecule has 5 heteroatoms. The fraction of sp³-hybridized carbons (Fsp3) is 0.250. The summed E-state index contributed by atoms with van der Waals surface area (Å²) in [6.07, 6.45) is 1.79. The molecule has 1 aliphatic rings. The van der Waals surface area contributed by atoms with E-state index in [-0.39, 0.29) is 18.0 Å². The van der Waals surface area contributed by atoms with E-state index in [2.05, 4.69) is 30.2 Å². The van der Waals surface area contributed by atoms with E-state index < -0.39 is 5.97 Å².